The van der Waals surface area contributed by atoms with Crippen molar-refractivity contribution in [3.8, 4) is 39.1 Å². The Morgan fingerprint density at radius 3 is 2.12 bits per heavy atom. The molecule has 5 aromatic carbocycles. The van der Waals surface area contributed by atoms with Crippen molar-refractivity contribution in [1.82, 2.24) is 9.78 Å². The monoisotopic (exact) mass is 402 g/mol. The van der Waals surface area contributed by atoms with Crippen molar-refractivity contribution in [2.45, 2.75) is 0 Å². The van der Waals surface area contributed by atoms with Crippen LogP contribution in [0.1, 0.15) is 0 Å². The average molecular weight is 402 g/mol. The first kappa shape index (κ1) is 15.7. The van der Waals surface area contributed by atoms with Crippen molar-refractivity contribution in [1.29, 1.82) is 0 Å². The molecule has 0 radical (unpaired) electrons. The van der Waals surface area contributed by atoms with Gasteiger partial charge in [0.1, 0.15) is 0 Å². The van der Waals surface area contributed by atoms with Crippen molar-refractivity contribution < 1.29 is 0 Å². The van der Waals surface area contributed by atoms with Crippen LogP contribution in [0, 0.1) is 0 Å². The fourth-order valence-corrected chi connectivity index (χ4v) is 6.67. The molecule has 0 unspecified atom stereocenters. The topological polar surface area (TPSA) is 17.8 Å². The molecule has 1 aliphatic carbocycles. The van der Waals surface area contributed by atoms with Crippen molar-refractivity contribution >= 4 is 44.8 Å². The lowest BCUT2D eigenvalue weighted by Gasteiger charge is -2.33. The highest BCUT2D eigenvalue weighted by molar-refractivity contribution is 7.00. The van der Waals surface area contributed by atoms with E-state index >= 15 is 0 Å². The number of rotatable bonds is 0. The lowest BCUT2D eigenvalue weighted by Crippen LogP contribution is -2.58. The minimum atomic E-state index is 0.231. The summed E-state index contributed by atoms with van der Waals surface area (Å²) in [5.41, 5.74) is 14.8. The second-order valence-corrected chi connectivity index (χ2v) is 9.17. The predicted octanol–water partition coefficient (Wildman–Crippen LogP) is 4.64. The second-order valence-electron chi connectivity index (χ2n) is 9.17. The molecule has 0 amide bonds. The van der Waals surface area contributed by atoms with Gasteiger partial charge in [0.05, 0.1) is 17.4 Å². The van der Waals surface area contributed by atoms with Gasteiger partial charge < -0.3 is 0 Å². The summed E-state index contributed by atoms with van der Waals surface area (Å²) >= 11 is 0. The van der Waals surface area contributed by atoms with E-state index in [1.807, 2.05) is 6.20 Å². The average Bonchev–Trinajstić information content (AvgIpc) is 3.42. The van der Waals surface area contributed by atoms with E-state index in [0.717, 1.165) is 0 Å². The SMILES string of the molecule is c1ccc2c(c1)-c1ccc3c4c(ccc-2c14)-c1cccc2c1B3c1cccc3cnn-2c13. The molecule has 0 atom stereocenters. The van der Waals surface area contributed by atoms with E-state index in [9.17, 15) is 0 Å². The van der Waals surface area contributed by atoms with Gasteiger partial charge in [0, 0.05) is 5.39 Å². The van der Waals surface area contributed by atoms with E-state index in [1.165, 1.54) is 77.1 Å². The molecule has 0 saturated heterocycles. The number of hydrogen-bond donors (Lipinski definition) is 0. The number of aromatic nitrogens is 2. The molecule has 3 aliphatic rings. The maximum absolute atomic E-state index is 4.79. The Morgan fingerprint density at radius 2 is 1.28 bits per heavy atom. The van der Waals surface area contributed by atoms with Crippen molar-refractivity contribution in [2.75, 3.05) is 0 Å². The standard InChI is InChI=1S/C29H15BN2/c1-2-7-18-17(6-1)19-11-12-21-22-8-4-10-25-28(22)30(23-14-13-20(18)26(19)27(21)23)24-9-3-5-16-15-31-32(25)29(16)24/h1-15H. The molecule has 3 heterocycles. The molecule has 0 fully saturated rings. The molecule has 6 aromatic rings. The number of para-hydroxylation sites is 1. The Balaban J connectivity index is 1.52. The van der Waals surface area contributed by atoms with E-state index in [2.05, 4.69) is 89.6 Å². The predicted molar refractivity (Wildman–Crippen MR) is 133 cm³/mol. The van der Waals surface area contributed by atoms with Gasteiger partial charge in [0.2, 0.25) is 6.71 Å². The van der Waals surface area contributed by atoms with Crippen LogP contribution in [0.15, 0.2) is 91.1 Å². The normalized spacial score (nSPS) is 13.6. The largest absolute Gasteiger partial charge is 0.248 e. The zero-order valence-corrected chi connectivity index (χ0v) is 17.1. The zero-order chi connectivity index (χ0) is 20.6. The quantitative estimate of drug-likeness (QED) is 0.338. The van der Waals surface area contributed by atoms with Crippen molar-refractivity contribution in [3.63, 3.8) is 0 Å². The zero-order valence-electron chi connectivity index (χ0n) is 17.1. The molecule has 3 heteroatoms. The van der Waals surface area contributed by atoms with Crippen LogP contribution in [-0.2, 0) is 0 Å². The van der Waals surface area contributed by atoms with Gasteiger partial charge >= 0.3 is 0 Å². The second kappa shape index (κ2) is 5.03. The molecule has 32 heavy (non-hydrogen) atoms. The minimum Gasteiger partial charge on any atom is -0.234 e. The minimum absolute atomic E-state index is 0.231. The van der Waals surface area contributed by atoms with E-state index in [4.69, 9.17) is 5.10 Å². The van der Waals surface area contributed by atoms with Gasteiger partial charge in [0.25, 0.3) is 0 Å². The van der Waals surface area contributed by atoms with Crippen molar-refractivity contribution in [2.24, 2.45) is 0 Å². The van der Waals surface area contributed by atoms with Gasteiger partial charge in [-0.2, -0.15) is 5.10 Å². The number of nitrogens with zero attached hydrogens (tertiary/aromatic N) is 2. The highest BCUT2D eigenvalue weighted by Gasteiger charge is 2.40. The molecule has 0 saturated carbocycles. The van der Waals surface area contributed by atoms with Crippen LogP contribution >= 0.6 is 0 Å². The molecule has 0 bridgehead atoms. The fourth-order valence-electron chi connectivity index (χ4n) is 6.67. The van der Waals surface area contributed by atoms with Gasteiger partial charge in [-0.3, -0.25) is 0 Å². The van der Waals surface area contributed by atoms with Crippen molar-refractivity contribution in [3.05, 3.63) is 91.1 Å². The molecule has 9 rings (SSSR count). The molecule has 144 valence electrons. The summed E-state index contributed by atoms with van der Waals surface area (Å²) in [7, 11) is 0. The highest BCUT2D eigenvalue weighted by atomic mass is 15.3. The van der Waals surface area contributed by atoms with Gasteiger partial charge in [-0.25, -0.2) is 4.68 Å². The maximum atomic E-state index is 4.79. The van der Waals surface area contributed by atoms with Crippen LogP contribution in [0.2, 0.25) is 0 Å². The van der Waals surface area contributed by atoms with E-state index in [1.54, 1.807) is 0 Å². The Labute approximate surface area is 184 Å². The van der Waals surface area contributed by atoms with Gasteiger partial charge in [-0.1, -0.05) is 84.3 Å². The Hall–Kier alpha value is -4.11. The summed E-state index contributed by atoms with van der Waals surface area (Å²) in [5.74, 6) is 0. The first-order valence-corrected chi connectivity index (χ1v) is 11.2. The van der Waals surface area contributed by atoms with Gasteiger partial charge in [-0.15, -0.1) is 0 Å². The number of hydrogen-bond acceptors (Lipinski definition) is 1. The van der Waals surface area contributed by atoms with E-state index in [0.29, 0.717) is 0 Å². The van der Waals surface area contributed by atoms with Crippen LogP contribution in [-0.4, -0.2) is 16.5 Å². The molecular weight excluding hydrogens is 387 g/mol. The summed E-state index contributed by atoms with van der Waals surface area (Å²) in [4.78, 5) is 0. The summed E-state index contributed by atoms with van der Waals surface area (Å²) in [6, 6.07) is 31.6. The Morgan fingerprint density at radius 1 is 0.562 bits per heavy atom. The summed E-state index contributed by atoms with van der Waals surface area (Å²) in [6.45, 7) is 0.231. The summed E-state index contributed by atoms with van der Waals surface area (Å²) < 4.78 is 2.15. The van der Waals surface area contributed by atoms with Gasteiger partial charge in [0.15, 0.2) is 0 Å². The molecule has 1 aromatic heterocycles. The third-order valence-electron chi connectivity index (χ3n) is 7.84. The lowest BCUT2D eigenvalue weighted by atomic mass is 9.32. The first-order valence-electron chi connectivity index (χ1n) is 11.2. The van der Waals surface area contributed by atoms with Crippen LogP contribution in [0.5, 0.6) is 0 Å². The highest BCUT2D eigenvalue weighted by Crippen LogP contribution is 2.49. The molecule has 0 spiro atoms. The molecule has 0 N–H and O–H groups in total. The van der Waals surface area contributed by atoms with E-state index < -0.39 is 0 Å². The van der Waals surface area contributed by atoms with Gasteiger partial charge in [-0.05, 0) is 61.1 Å². The first-order chi connectivity index (χ1) is 15.9. The maximum Gasteiger partial charge on any atom is 0.248 e. The van der Waals surface area contributed by atoms with Crippen LogP contribution < -0.4 is 16.4 Å². The smallest absolute Gasteiger partial charge is 0.234 e. The Kier molecular flexibility index (Phi) is 2.46. The fraction of sp³-hybridized carbons (Fsp3) is 0. The molecular formula is C29H15BN2. The third kappa shape index (κ3) is 1.55. The number of benzene rings is 5. The summed E-state index contributed by atoms with van der Waals surface area (Å²) in [6.07, 6.45) is 2.00. The summed E-state index contributed by atoms with van der Waals surface area (Å²) in [5, 5.41) is 8.85. The molecule has 2 nitrogen and oxygen atoms in total. The number of fused-ring (bicyclic) bond motifs is 7. The Bertz CT molecular complexity index is 1810. The van der Waals surface area contributed by atoms with Crippen LogP contribution in [0.4, 0.5) is 0 Å². The van der Waals surface area contributed by atoms with Crippen LogP contribution in [0.3, 0.4) is 0 Å². The third-order valence-corrected chi connectivity index (χ3v) is 7.84. The molecule has 2 aliphatic heterocycles. The van der Waals surface area contributed by atoms with Crippen LogP contribution in [0.25, 0.3) is 60.7 Å². The lowest BCUT2D eigenvalue weighted by molar-refractivity contribution is 0.915. The van der Waals surface area contributed by atoms with E-state index in [-0.39, 0.29) is 6.71 Å².